The van der Waals surface area contributed by atoms with E-state index in [1.807, 2.05) is 56.3 Å². The predicted octanol–water partition coefficient (Wildman–Crippen LogP) is 4.50. The van der Waals surface area contributed by atoms with Gasteiger partial charge in [0.25, 0.3) is 5.56 Å². The summed E-state index contributed by atoms with van der Waals surface area (Å²) in [6, 6.07) is 12.2. The molecule has 3 N–H and O–H groups in total. The number of nitrogens with zero attached hydrogens (tertiary/aromatic N) is 1. The number of aromatic hydroxyl groups is 1. The highest BCUT2D eigenvalue weighted by atomic mass is 16.5. The minimum absolute atomic E-state index is 0.102. The Bertz CT molecular complexity index is 1290. The molecule has 184 valence electrons. The number of benzene rings is 2. The van der Waals surface area contributed by atoms with E-state index in [1.54, 1.807) is 13.8 Å². The number of esters is 1. The number of pyridine rings is 1. The van der Waals surface area contributed by atoms with Crippen molar-refractivity contribution >= 4 is 17.7 Å². The third-order valence-electron chi connectivity index (χ3n) is 5.81. The number of nitrogens with one attached hydrogen (secondary N) is 2. The summed E-state index contributed by atoms with van der Waals surface area (Å²) in [4.78, 5) is 37.7. The number of anilines is 1. The lowest BCUT2D eigenvalue weighted by atomic mass is 9.93. The molecule has 0 spiro atoms. The Hall–Kier alpha value is -4.07. The van der Waals surface area contributed by atoms with Crippen molar-refractivity contribution < 1.29 is 19.4 Å². The van der Waals surface area contributed by atoms with Gasteiger partial charge in [0.1, 0.15) is 5.75 Å². The van der Waals surface area contributed by atoms with Crippen molar-refractivity contribution in [1.29, 1.82) is 0 Å². The van der Waals surface area contributed by atoms with Gasteiger partial charge in [-0.15, -0.1) is 0 Å². The van der Waals surface area contributed by atoms with E-state index < -0.39 is 23.6 Å². The Balaban J connectivity index is 1.94. The molecule has 2 aromatic carbocycles. The van der Waals surface area contributed by atoms with E-state index in [0.29, 0.717) is 11.1 Å². The molecule has 0 radical (unpaired) electrons. The van der Waals surface area contributed by atoms with E-state index in [9.17, 15) is 19.5 Å². The molecular weight excluding hydrogens is 446 g/mol. The van der Waals surface area contributed by atoms with Crippen molar-refractivity contribution in [2.24, 2.45) is 7.05 Å². The molecule has 3 aromatic rings. The van der Waals surface area contributed by atoms with Gasteiger partial charge in [0.2, 0.25) is 0 Å². The van der Waals surface area contributed by atoms with Gasteiger partial charge in [-0.05, 0) is 61.6 Å². The molecule has 1 heterocycles. The van der Waals surface area contributed by atoms with E-state index in [0.717, 1.165) is 22.3 Å². The van der Waals surface area contributed by atoms with Gasteiger partial charge in [-0.3, -0.25) is 9.59 Å². The summed E-state index contributed by atoms with van der Waals surface area (Å²) in [5, 5.41) is 15.5. The minimum Gasteiger partial charge on any atom is -0.505 e. The fourth-order valence-electron chi connectivity index (χ4n) is 4.13. The Morgan fingerprint density at radius 2 is 1.71 bits per heavy atom. The quantitative estimate of drug-likeness (QED) is 0.434. The molecular formula is C27H31N3O5. The lowest BCUT2D eigenvalue weighted by Crippen LogP contribution is -2.36. The summed E-state index contributed by atoms with van der Waals surface area (Å²) < 4.78 is 6.39. The average Bonchev–Trinajstić information content (AvgIpc) is 2.80. The van der Waals surface area contributed by atoms with Crippen LogP contribution in [-0.2, 0) is 16.6 Å². The number of amides is 2. The first kappa shape index (κ1) is 25.6. The number of hydrogen-bond donors (Lipinski definition) is 3. The number of aryl methyl sites for hydroxylation is 4. The second-order valence-corrected chi connectivity index (χ2v) is 8.50. The first-order valence-corrected chi connectivity index (χ1v) is 11.4. The minimum atomic E-state index is -0.728. The summed E-state index contributed by atoms with van der Waals surface area (Å²) in [7, 11) is 1.53. The van der Waals surface area contributed by atoms with E-state index >= 15 is 0 Å². The van der Waals surface area contributed by atoms with Crippen molar-refractivity contribution in [1.82, 2.24) is 9.88 Å². The second kappa shape index (κ2) is 10.9. The van der Waals surface area contributed by atoms with E-state index in [2.05, 4.69) is 10.6 Å². The smallest absolute Gasteiger partial charge is 0.319 e. The molecule has 3 rings (SSSR count). The summed E-state index contributed by atoms with van der Waals surface area (Å²) in [6.45, 7) is 7.62. The van der Waals surface area contributed by atoms with Crippen LogP contribution in [0.2, 0.25) is 0 Å². The van der Waals surface area contributed by atoms with Gasteiger partial charge in [-0.25, -0.2) is 4.79 Å². The maximum atomic E-state index is 12.9. The van der Waals surface area contributed by atoms with Crippen LogP contribution in [0.15, 0.2) is 53.5 Å². The van der Waals surface area contributed by atoms with Crippen LogP contribution in [0.1, 0.15) is 41.6 Å². The molecule has 0 saturated heterocycles. The molecule has 8 heteroatoms. The van der Waals surface area contributed by atoms with Crippen LogP contribution >= 0.6 is 0 Å². The zero-order chi connectivity index (χ0) is 25.7. The van der Waals surface area contributed by atoms with Crippen molar-refractivity contribution in [3.63, 3.8) is 0 Å². The Kier molecular flexibility index (Phi) is 7.96. The van der Waals surface area contributed by atoms with Gasteiger partial charge in [0.05, 0.1) is 19.1 Å². The number of urea groups is 1. The summed E-state index contributed by atoms with van der Waals surface area (Å²) in [5.41, 5.74) is 4.62. The molecule has 0 aliphatic rings. The van der Waals surface area contributed by atoms with Crippen LogP contribution in [-0.4, -0.2) is 28.3 Å². The highest BCUT2D eigenvalue weighted by Gasteiger charge is 2.22. The molecule has 0 unspecified atom stereocenters. The Morgan fingerprint density at radius 3 is 2.37 bits per heavy atom. The summed E-state index contributed by atoms with van der Waals surface area (Å²) in [6.07, 6.45) is 1.37. The molecule has 0 bridgehead atoms. The van der Waals surface area contributed by atoms with Crippen LogP contribution < -0.4 is 16.2 Å². The zero-order valence-electron chi connectivity index (χ0n) is 20.6. The first-order chi connectivity index (χ1) is 16.6. The number of rotatable bonds is 7. The SMILES string of the molecule is CCOC(=O)C[C@H](NC(=O)Nc1c(O)c(C)cn(C)c1=O)c1cccc(-c2c(C)cccc2C)c1. The van der Waals surface area contributed by atoms with Crippen LogP contribution in [0.3, 0.4) is 0 Å². The lowest BCUT2D eigenvalue weighted by molar-refractivity contribution is -0.143. The lowest BCUT2D eigenvalue weighted by Gasteiger charge is -2.21. The monoisotopic (exact) mass is 477 g/mol. The van der Waals surface area contributed by atoms with Crippen LogP contribution in [0.25, 0.3) is 11.1 Å². The van der Waals surface area contributed by atoms with Crippen LogP contribution in [0.5, 0.6) is 5.75 Å². The van der Waals surface area contributed by atoms with Gasteiger partial charge in [-0.1, -0.05) is 36.4 Å². The van der Waals surface area contributed by atoms with Gasteiger partial charge < -0.3 is 25.0 Å². The number of carbonyl (C=O) groups is 2. The number of aromatic nitrogens is 1. The topological polar surface area (TPSA) is 110 Å². The Labute approximate surface area is 204 Å². The van der Waals surface area contributed by atoms with Gasteiger partial charge in [0, 0.05) is 18.8 Å². The number of carbonyl (C=O) groups excluding carboxylic acids is 2. The number of ether oxygens (including phenoxy) is 1. The predicted molar refractivity (Wildman–Crippen MR) is 136 cm³/mol. The third kappa shape index (κ3) is 5.90. The largest absolute Gasteiger partial charge is 0.505 e. The van der Waals surface area contributed by atoms with Crippen molar-refractivity contribution in [3.8, 4) is 16.9 Å². The third-order valence-corrected chi connectivity index (χ3v) is 5.81. The van der Waals surface area contributed by atoms with Gasteiger partial charge in [-0.2, -0.15) is 0 Å². The zero-order valence-corrected chi connectivity index (χ0v) is 20.6. The first-order valence-electron chi connectivity index (χ1n) is 11.4. The molecule has 0 saturated carbocycles. The van der Waals surface area contributed by atoms with Crippen LogP contribution in [0, 0.1) is 20.8 Å². The van der Waals surface area contributed by atoms with E-state index in [4.69, 9.17) is 4.74 Å². The summed E-state index contributed by atoms with van der Waals surface area (Å²) in [5.74, 6) is -0.771. The summed E-state index contributed by atoms with van der Waals surface area (Å²) >= 11 is 0. The molecule has 0 fully saturated rings. The maximum Gasteiger partial charge on any atom is 0.319 e. The van der Waals surface area contributed by atoms with Gasteiger partial charge >= 0.3 is 12.0 Å². The molecule has 2 amide bonds. The fraction of sp³-hybridized carbons (Fsp3) is 0.296. The van der Waals surface area contributed by atoms with Gasteiger partial charge in [0.15, 0.2) is 5.69 Å². The van der Waals surface area contributed by atoms with E-state index in [-0.39, 0.29) is 24.5 Å². The van der Waals surface area contributed by atoms with Crippen molar-refractivity contribution in [2.75, 3.05) is 11.9 Å². The molecule has 0 aliphatic carbocycles. The molecule has 8 nitrogen and oxygen atoms in total. The Morgan fingerprint density at radius 1 is 1.06 bits per heavy atom. The second-order valence-electron chi connectivity index (χ2n) is 8.50. The molecule has 0 aliphatic heterocycles. The molecule has 1 aromatic heterocycles. The highest BCUT2D eigenvalue weighted by molar-refractivity contribution is 5.91. The van der Waals surface area contributed by atoms with Crippen molar-refractivity contribution in [3.05, 3.63) is 81.3 Å². The molecule has 1 atom stereocenters. The normalized spacial score (nSPS) is 11.6. The average molecular weight is 478 g/mol. The number of hydrogen-bond acceptors (Lipinski definition) is 5. The van der Waals surface area contributed by atoms with Crippen LogP contribution in [0.4, 0.5) is 10.5 Å². The van der Waals surface area contributed by atoms with E-state index in [1.165, 1.54) is 17.8 Å². The van der Waals surface area contributed by atoms with Crippen molar-refractivity contribution in [2.45, 2.75) is 40.2 Å². The highest BCUT2D eigenvalue weighted by Crippen LogP contribution is 2.30. The maximum absolute atomic E-state index is 12.9. The standard InChI is InChI=1S/C27H31N3O5/c1-6-35-22(31)14-21(28-27(34)29-24-25(32)18(4)15-30(5)26(24)33)19-11-8-12-20(13-19)23-16(2)9-7-10-17(23)3/h7-13,15,21,32H,6,14H2,1-5H3,(H2,28,29,34)/t21-/m0/s1. The molecule has 35 heavy (non-hydrogen) atoms. The fourth-order valence-corrected chi connectivity index (χ4v) is 4.13.